The lowest BCUT2D eigenvalue weighted by Crippen LogP contribution is -2.25. The highest BCUT2D eigenvalue weighted by Gasteiger charge is 2.43. The van der Waals surface area contributed by atoms with Crippen molar-refractivity contribution in [2.45, 2.75) is 58.6 Å². The summed E-state index contributed by atoms with van der Waals surface area (Å²) in [5, 5.41) is 1.60. The Hall–Kier alpha value is -3.44. The molecule has 0 spiro atoms. The second-order valence-corrected chi connectivity index (χ2v) is 9.62. The molecular formula is C30H31ClN2O3. The number of ketones is 1. The third kappa shape index (κ3) is 5.21. The maximum Gasteiger partial charge on any atom is 0.339 e. The van der Waals surface area contributed by atoms with Crippen LogP contribution >= 0.6 is 11.6 Å². The quantitative estimate of drug-likeness (QED) is 0.193. The van der Waals surface area contributed by atoms with Crippen LogP contribution in [0.15, 0.2) is 73.2 Å². The number of aromatic nitrogens is 2. The number of esters is 1. The Kier molecular flexibility index (Phi) is 7.90. The second kappa shape index (κ2) is 11.1. The van der Waals surface area contributed by atoms with Crippen LogP contribution in [0.25, 0.3) is 10.9 Å². The normalized spacial score (nSPS) is 13.6. The van der Waals surface area contributed by atoms with Crippen LogP contribution in [0.4, 0.5) is 0 Å². The molecule has 0 radical (unpaired) electrons. The first-order valence-corrected chi connectivity index (χ1v) is 12.8. The lowest BCUT2D eigenvalue weighted by atomic mass is 9.85. The van der Waals surface area contributed by atoms with Crippen LogP contribution in [0, 0.1) is 0 Å². The molecule has 0 atom stereocenters. The maximum atomic E-state index is 11.8. The van der Waals surface area contributed by atoms with Crippen LogP contribution < -0.4 is 0 Å². The second-order valence-electron chi connectivity index (χ2n) is 9.18. The molecule has 0 saturated heterocycles. The van der Waals surface area contributed by atoms with Crippen LogP contribution in [0.1, 0.15) is 78.3 Å². The highest BCUT2D eigenvalue weighted by atomic mass is 35.5. The number of Topliss-reactive ketones (excluding diaryl/α,β-unsaturated/α-hetero) is 1. The van der Waals surface area contributed by atoms with E-state index >= 15 is 0 Å². The van der Waals surface area contributed by atoms with Crippen molar-refractivity contribution < 1.29 is 14.3 Å². The zero-order chi connectivity index (χ0) is 25.7. The van der Waals surface area contributed by atoms with Crippen LogP contribution in [-0.4, -0.2) is 21.3 Å². The molecule has 1 aliphatic heterocycles. The number of cyclic esters (lactones) is 1. The zero-order valence-electron chi connectivity index (χ0n) is 21.0. The molecular weight excluding hydrogens is 472 g/mol. The van der Waals surface area contributed by atoms with Crippen molar-refractivity contribution in [1.82, 2.24) is 9.55 Å². The Bertz CT molecular complexity index is 1370. The minimum atomic E-state index is -0.350. The first-order valence-electron chi connectivity index (χ1n) is 12.4. The van der Waals surface area contributed by atoms with Crippen molar-refractivity contribution >= 4 is 34.3 Å². The van der Waals surface area contributed by atoms with Crippen molar-refractivity contribution in [3.05, 3.63) is 100 Å². The van der Waals surface area contributed by atoms with E-state index in [9.17, 15) is 9.59 Å². The molecule has 0 fully saturated rings. The monoisotopic (exact) mass is 502 g/mol. The molecule has 0 N–H and O–H groups in total. The molecule has 3 heterocycles. The van der Waals surface area contributed by atoms with Gasteiger partial charge in [0, 0.05) is 46.7 Å². The van der Waals surface area contributed by atoms with Gasteiger partial charge in [0.05, 0.1) is 11.1 Å². The lowest BCUT2D eigenvalue weighted by Gasteiger charge is -2.28. The number of fused-ring (bicyclic) bond motifs is 2. The average molecular weight is 503 g/mol. The number of rotatable bonds is 7. The van der Waals surface area contributed by atoms with Crippen LogP contribution in [-0.2, 0) is 16.9 Å². The third-order valence-corrected chi connectivity index (χ3v) is 6.77. The van der Waals surface area contributed by atoms with E-state index in [1.807, 2.05) is 71.6 Å². The van der Waals surface area contributed by atoms with E-state index < -0.39 is 0 Å². The van der Waals surface area contributed by atoms with Gasteiger partial charge in [-0.2, -0.15) is 0 Å². The standard InChI is InChI=1S/C16H13ClN2O.C14H18O2/c1-11(20)15-10-19(9-12-3-2-6-18-8-12)16-7-13(17)4-5-14(15)16;1-3-9-14(10-4-2)12-8-6-5-7-11(12)13(15)16-14/h2-8,10H,9H2,1H3;5-8H,3-4,9-10H2,1-2H3. The molecule has 0 unspecified atom stereocenters. The molecule has 36 heavy (non-hydrogen) atoms. The largest absolute Gasteiger partial charge is 0.451 e. The van der Waals surface area contributed by atoms with Crippen molar-refractivity contribution in [3.8, 4) is 0 Å². The van der Waals surface area contributed by atoms with Crippen molar-refractivity contribution in [1.29, 1.82) is 0 Å². The molecule has 0 bridgehead atoms. The Balaban J connectivity index is 0.000000174. The number of nitrogens with zero attached hydrogens (tertiary/aromatic N) is 2. The molecule has 5 nitrogen and oxygen atoms in total. The molecule has 4 aromatic rings. The van der Waals surface area contributed by atoms with Gasteiger partial charge in [-0.05, 0) is 49.6 Å². The van der Waals surface area contributed by atoms with Gasteiger partial charge in [-0.1, -0.05) is 68.6 Å². The number of halogens is 1. The first kappa shape index (κ1) is 25.6. The summed E-state index contributed by atoms with van der Waals surface area (Å²) in [6, 6.07) is 17.3. The van der Waals surface area contributed by atoms with Crippen molar-refractivity contribution in [2.75, 3.05) is 0 Å². The fourth-order valence-electron chi connectivity index (χ4n) is 5.01. The van der Waals surface area contributed by atoms with Crippen molar-refractivity contribution in [2.24, 2.45) is 0 Å². The highest BCUT2D eigenvalue weighted by molar-refractivity contribution is 6.31. The van der Waals surface area contributed by atoms with Crippen LogP contribution in [0.3, 0.4) is 0 Å². The summed E-state index contributed by atoms with van der Waals surface area (Å²) in [4.78, 5) is 27.7. The fraction of sp³-hybridized carbons (Fsp3) is 0.300. The highest BCUT2D eigenvalue weighted by Crippen LogP contribution is 2.43. The van der Waals surface area contributed by atoms with E-state index in [1.54, 1.807) is 13.1 Å². The summed E-state index contributed by atoms with van der Waals surface area (Å²) in [5.74, 6) is -0.0974. The number of hydrogen-bond donors (Lipinski definition) is 0. The average Bonchev–Trinajstić information content (AvgIpc) is 3.36. The molecule has 186 valence electrons. The Labute approximate surface area is 217 Å². The van der Waals surface area contributed by atoms with Gasteiger partial charge in [-0.25, -0.2) is 4.79 Å². The van der Waals surface area contributed by atoms with E-state index in [2.05, 4.69) is 18.8 Å². The summed E-state index contributed by atoms with van der Waals surface area (Å²) < 4.78 is 7.70. The van der Waals surface area contributed by atoms with Gasteiger partial charge < -0.3 is 9.30 Å². The molecule has 2 aromatic carbocycles. The number of carbonyl (C=O) groups is 2. The summed E-state index contributed by atoms with van der Waals surface area (Å²) in [6.07, 6.45) is 9.35. The predicted octanol–water partition coefficient (Wildman–Crippen LogP) is 7.59. The topological polar surface area (TPSA) is 61.2 Å². The van der Waals surface area contributed by atoms with E-state index in [1.165, 1.54) is 0 Å². The Morgan fingerprint density at radius 2 is 1.81 bits per heavy atom. The molecule has 1 aliphatic rings. The minimum absolute atomic E-state index is 0.0576. The minimum Gasteiger partial charge on any atom is -0.451 e. The molecule has 2 aromatic heterocycles. The smallest absolute Gasteiger partial charge is 0.339 e. The van der Waals surface area contributed by atoms with Crippen LogP contribution in [0.2, 0.25) is 5.02 Å². The molecule has 0 aliphatic carbocycles. The van der Waals surface area contributed by atoms with Gasteiger partial charge in [-0.3, -0.25) is 9.78 Å². The van der Waals surface area contributed by atoms with Gasteiger partial charge in [0.1, 0.15) is 5.60 Å². The van der Waals surface area contributed by atoms with Crippen molar-refractivity contribution in [3.63, 3.8) is 0 Å². The molecule has 0 amide bonds. The number of pyridine rings is 1. The summed E-state index contributed by atoms with van der Waals surface area (Å²) in [6.45, 7) is 6.51. The third-order valence-electron chi connectivity index (χ3n) is 6.53. The van der Waals surface area contributed by atoms with E-state index in [-0.39, 0.29) is 17.4 Å². The SMILES string of the molecule is CC(=O)c1cn(Cc2cccnc2)c2cc(Cl)ccc12.CCCC1(CCC)OC(=O)c2ccccc21. The fourth-order valence-corrected chi connectivity index (χ4v) is 5.18. The number of benzene rings is 2. The van der Waals surface area contributed by atoms with Gasteiger partial charge in [0.2, 0.25) is 0 Å². The summed E-state index contributed by atoms with van der Waals surface area (Å²) >= 11 is 6.07. The number of hydrogen-bond acceptors (Lipinski definition) is 4. The lowest BCUT2D eigenvalue weighted by molar-refractivity contribution is -0.0183. The van der Waals surface area contributed by atoms with Gasteiger partial charge >= 0.3 is 5.97 Å². The van der Waals surface area contributed by atoms with Crippen LogP contribution in [0.5, 0.6) is 0 Å². The molecule has 6 heteroatoms. The predicted molar refractivity (Wildman–Crippen MR) is 144 cm³/mol. The molecule has 0 saturated carbocycles. The maximum absolute atomic E-state index is 11.8. The first-order chi connectivity index (χ1) is 17.4. The zero-order valence-corrected chi connectivity index (χ0v) is 21.7. The number of ether oxygens (including phenoxy) is 1. The summed E-state index contributed by atoms with van der Waals surface area (Å²) in [5.41, 5.74) is 4.26. The van der Waals surface area contributed by atoms with Gasteiger partial charge in [0.25, 0.3) is 0 Å². The van der Waals surface area contributed by atoms with Gasteiger partial charge in [0.15, 0.2) is 5.78 Å². The van der Waals surface area contributed by atoms with Gasteiger partial charge in [-0.15, -0.1) is 0 Å². The Morgan fingerprint density at radius 3 is 2.47 bits per heavy atom. The number of carbonyl (C=O) groups excluding carboxylic acids is 2. The van der Waals surface area contributed by atoms with E-state index in [4.69, 9.17) is 16.3 Å². The molecule has 5 rings (SSSR count). The van der Waals surface area contributed by atoms with E-state index in [0.29, 0.717) is 11.6 Å². The van der Waals surface area contributed by atoms with E-state index in [0.717, 1.165) is 58.8 Å². The Morgan fingerprint density at radius 1 is 1.06 bits per heavy atom. The summed E-state index contributed by atoms with van der Waals surface area (Å²) in [7, 11) is 0.